The van der Waals surface area contributed by atoms with Gasteiger partial charge >= 0.3 is 0 Å². The Labute approximate surface area is 231 Å². The van der Waals surface area contributed by atoms with Gasteiger partial charge in [-0.1, -0.05) is 178 Å². The van der Waals surface area contributed by atoms with Crippen LogP contribution in [0.5, 0.6) is 0 Å². The van der Waals surface area contributed by atoms with E-state index in [-0.39, 0.29) is 5.04 Å². The van der Waals surface area contributed by atoms with Gasteiger partial charge in [-0.25, -0.2) is 0 Å². The molecule has 0 unspecified atom stereocenters. The van der Waals surface area contributed by atoms with E-state index in [9.17, 15) is 0 Å². The van der Waals surface area contributed by atoms with Crippen molar-refractivity contribution >= 4 is 18.7 Å². The average molecular weight is 521 g/mol. The zero-order chi connectivity index (χ0) is 26.8. The van der Waals surface area contributed by atoms with Crippen LogP contribution in [-0.2, 0) is 4.43 Å². The van der Waals surface area contributed by atoms with Crippen molar-refractivity contribution in [2.45, 2.75) is 123 Å². The van der Waals surface area contributed by atoms with Crippen molar-refractivity contribution in [3.8, 4) is 0 Å². The first-order chi connectivity index (χ1) is 17.9. The van der Waals surface area contributed by atoms with Gasteiger partial charge in [0.2, 0.25) is 0 Å². The molecule has 0 N–H and O–H groups in total. The van der Waals surface area contributed by atoms with E-state index in [1.165, 1.54) is 93.8 Å². The molecule has 2 rings (SSSR count). The molecule has 1 atom stereocenters. The maximum absolute atomic E-state index is 7.09. The van der Waals surface area contributed by atoms with Gasteiger partial charge in [0.1, 0.15) is 0 Å². The van der Waals surface area contributed by atoms with Gasteiger partial charge in [-0.2, -0.15) is 0 Å². The molecule has 0 fully saturated rings. The summed E-state index contributed by atoms with van der Waals surface area (Å²) in [5, 5.41) is 2.76. The fourth-order valence-electron chi connectivity index (χ4n) is 5.51. The van der Waals surface area contributed by atoms with Crippen molar-refractivity contribution in [1.82, 2.24) is 0 Å². The average Bonchev–Trinajstić information content (AvgIpc) is 2.89. The second-order valence-electron chi connectivity index (χ2n) is 12.1. The lowest BCUT2D eigenvalue weighted by molar-refractivity contribution is 0.267. The maximum atomic E-state index is 7.09. The first-order valence-electron chi connectivity index (χ1n) is 15.3. The highest BCUT2D eigenvalue weighted by Crippen LogP contribution is 2.37. The summed E-state index contributed by atoms with van der Waals surface area (Å²) in [6.45, 7) is 12.4. The lowest BCUT2D eigenvalue weighted by atomic mass is 10.0. The Kier molecular flexibility index (Phi) is 15.2. The summed E-state index contributed by atoms with van der Waals surface area (Å²) in [6.07, 6.45) is 22.9. The molecule has 0 saturated heterocycles. The largest absolute Gasteiger partial charge is 0.407 e. The van der Waals surface area contributed by atoms with Gasteiger partial charge in [0.05, 0.1) is 0 Å². The van der Waals surface area contributed by atoms with Crippen molar-refractivity contribution in [1.29, 1.82) is 0 Å². The fraction of sp³-hybridized carbons (Fsp3) is 0.600. The number of rotatable bonds is 19. The van der Waals surface area contributed by atoms with Crippen molar-refractivity contribution in [3.05, 3.63) is 72.8 Å². The molecule has 0 bridgehead atoms. The molecule has 0 aliphatic carbocycles. The number of hydrogen-bond acceptors (Lipinski definition) is 1. The third kappa shape index (κ3) is 10.9. The van der Waals surface area contributed by atoms with Gasteiger partial charge in [-0.3, -0.25) is 0 Å². The van der Waals surface area contributed by atoms with Crippen LogP contribution in [0.1, 0.15) is 118 Å². The third-order valence-electron chi connectivity index (χ3n) is 7.67. The number of benzene rings is 2. The zero-order valence-electron chi connectivity index (χ0n) is 24.8. The van der Waals surface area contributed by atoms with Crippen LogP contribution in [0.15, 0.2) is 72.8 Å². The van der Waals surface area contributed by atoms with Crippen LogP contribution in [0.2, 0.25) is 5.04 Å². The lowest BCUT2D eigenvalue weighted by Crippen LogP contribution is -2.66. The fourth-order valence-corrected chi connectivity index (χ4v) is 10.2. The summed E-state index contributed by atoms with van der Waals surface area (Å²) < 4.78 is 7.09. The Hall–Kier alpha value is -1.64. The molecule has 0 amide bonds. The summed E-state index contributed by atoms with van der Waals surface area (Å²) in [6, 6.07) is 22.0. The van der Waals surface area contributed by atoms with E-state index < -0.39 is 8.32 Å². The summed E-state index contributed by atoms with van der Waals surface area (Å²) >= 11 is 0. The second kappa shape index (κ2) is 17.8. The van der Waals surface area contributed by atoms with Gasteiger partial charge in [-0.15, -0.1) is 0 Å². The van der Waals surface area contributed by atoms with Crippen LogP contribution < -0.4 is 10.4 Å². The van der Waals surface area contributed by atoms with Crippen molar-refractivity contribution < 1.29 is 4.43 Å². The second-order valence-corrected chi connectivity index (χ2v) is 16.4. The van der Waals surface area contributed by atoms with Gasteiger partial charge in [-0.05, 0) is 34.2 Å². The number of unbranched alkanes of at least 4 members (excludes halogenated alkanes) is 12. The van der Waals surface area contributed by atoms with Gasteiger partial charge in [0.15, 0.2) is 0 Å². The molecule has 0 aromatic heterocycles. The van der Waals surface area contributed by atoms with Crippen molar-refractivity contribution in [2.24, 2.45) is 5.92 Å². The van der Waals surface area contributed by atoms with Crippen molar-refractivity contribution in [2.75, 3.05) is 6.61 Å². The van der Waals surface area contributed by atoms with Crippen LogP contribution in [0, 0.1) is 5.92 Å². The normalized spacial score (nSPS) is 13.3. The molecule has 0 heterocycles. The van der Waals surface area contributed by atoms with E-state index in [1.54, 1.807) is 0 Å². The smallest absolute Gasteiger partial charge is 0.261 e. The molecule has 2 aromatic carbocycles. The van der Waals surface area contributed by atoms with E-state index in [0.717, 1.165) is 6.61 Å². The summed E-state index contributed by atoms with van der Waals surface area (Å²) in [5.74, 6) is 0.416. The van der Waals surface area contributed by atoms with Crippen LogP contribution in [0.3, 0.4) is 0 Å². The van der Waals surface area contributed by atoms with Gasteiger partial charge < -0.3 is 4.43 Å². The molecular weight excluding hydrogens is 464 g/mol. The minimum absolute atomic E-state index is 0.0359. The van der Waals surface area contributed by atoms with Crippen LogP contribution >= 0.6 is 0 Å². The maximum Gasteiger partial charge on any atom is 0.261 e. The molecule has 0 aliphatic heterocycles. The van der Waals surface area contributed by atoms with E-state index in [4.69, 9.17) is 4.43 Å². The molecule has 0 spiro atoms. The summed E-state index contributed by atoms with van der Waals surface area (Å²) in [4.78, 5) is 0. The minimum Gasteiger partial charge on any atom is -0.407 e. The van der Waals surface area contributed by atoms with Crippen LogP contribution in [0.25, 0.3) is 0 Å². The molecule has 0 radical (unpaired) electrons. The van der Waals surface area contributed by atoms with Crippen LogP contribution in [-0.4, -0.2) is 14.9 Å². The topological polar surface area (TPSA) is 9.23 Å². The highest BCUT2D eigenvalue weighted by molar-refractivity contribution is 6.99. The Balaban J connectivity index is 1.77. The minimum atomic E-state index is -2.43. The molecule has 206 valence electrons. The molecule has 0 aliphatic rings. The van der Waals surface area contributed by atoms with E-state index in [1.807, 2.05) is 0 Å². The Bertz CT molecular complexity index is 797. The summed E-state index contributed by atoms with van der Waals surface area (Å²) in [7, 11) is -2.43. The Morgan fingerprint density at radius 3 is 1.54 bits per heavy atom. The molecule has 0 saturated carbocycles. The highest BCUT2D eigenvalue weighted by Gasteiger charge is 2.50. The van der Waals surface area contributed by atoms with Gasteiger partial charge in [0.25, 0.3) is 8.32 Å². The quantitative estimate of drug-likeness (QED) is 0.102. The third-order valence-corrected chi connectivity index (χ3v) is 12.7. The Morgan fingerprint density at radius 1 is 0.676 bits per heavy atom. The number of hydrogen-bond donors (Lipinski definition) is 0. The number of allylic oxidation sites excluding steroid dienone is 1. The molecule has 1 nitrogen and oxygen atoms in total. The lowest BCUT2D eigenvalue weighted by Gasteiger charge is -2.43. The van der Waals surface area contributed by atoms with E-state index in [0.29, 0.717) is 5.92 Å². The standard InChI is InChI=1S/C35H56OSi/c1-6-7-8-9-10-11-12-13-14-15-16-17-18-21-26-32(2)31-36-37(35(3,4)5,33-27-22-19-23-28-33)34-29-24-20-25-30-34/h19-30,32H,6-18,31H2,1-5H3/b26-21+/t32-/m1/s1. The van der Waals surface area contributed by atoms with Crippen molar-refractivity contribution in [3.63, 3.8) is 0 Å². The predicted octanol–water partition coefficient (Wildman–Crippen LogP) is 9.85. The molecular formula is C35H56OSi. The zero-order valence-corrected chi connectivity index (χ0v) is 25.8. The molecule has 2 heteroatoms. The predicted molar refractivity (Wildman–Crippen MR) is 168 cm³/mol. The van der Waals surface area contributed by atoms with E-state index >= 15 is 0 Å². The monoisotopic (exact) mass is 520 g/mol. The van der Waals surface area contributed by atoms with E-state index in [2.05, 4.69) is 107 Å². The molecule has 2 aromatic rings. The molecule has 37 heavy (non-hydrogen) atoms. The summed E-state index contributed by atoms with van der Waals surface area (Å²) in [5.41, 5.74) is 0. The Morgan fingerprint density at radius 2 is 1.11 bits per heavy atom. The van der Waals surface area contributed by atoms with Gasteiger partial charge in [0, 0.05) is 6.61 Å². The first-order valence-corrected chi connectivity index (χ1v) is 17.2. The highest BCUT2D eigenvalue weighted by atomic mass is 28.4. The first kappa shape index (κ1) is 31.6. The SMILES string of the molecule is CCCCCCCCCCCCCC/C=C/[C@@H](C)CO[Si](c1ccccc1)(c1ccccc1)C(C)(C)C. The van der Waals surface area contributed by atoms with Crippen LogP contribution in [0.4, 0.5) is 0 Å².